The molecule has 5 heteroatoms. The Hall–Kier alpha value is -1.91. The molecule has 0 fully saturated rings. The highest BCUT2D eigenvalue weighted by Crippen LogP contribution is 2.35. The lowest BCUT2D eigenvalue weighted by molar-refractivity contribution is 0.239. The van der Waals surface area contributed by atoms with Crippen molar-refractivity contribution in [3.63, 3.8) is 0 Å². The van der Waals surface area contributed by atoms with E-state index in [1.165, 1.54) is 0 Å². The summed E-state index contributed by atoms with van der Waals surface area (Å²) >= 11 is 0. The van der Waals surface area contributed by atoms with E-state index in [0.717, 1.165) is 17.8 Å². The molecule has 0 aromatic heterocycles. The Balaban J connectivity index is 2.20. The van der Waals surface area contributed by atoms with Crippen LogP contribution < -0.4 is 21.7 Å². The number of benzene rings is 1. The summed E-state index contributed by atoms with van der Waals surface area (Å²) in [4.78, 5) is 11.0. The Labute approximate surface area is 101 Å². The second-order valence-corrected chi connectivity index (χ2v) is 4.47. The predicted molar refractivity (Wildman–Crippen MR) is 68.9 cm³/mol. The van der Waals surface area contributed by atoms with Crippen LogP contribution in [0.5, 0.6) is 0 Å². The second kappa shape index (κ2) is 4.16. The minimum Gasteiger partial charge on any atom is -0.360 e. The minimum atomic E-state index is -0.502. The summed E-state index contributed by atoms with van der Waals surface area (Å²) in [7, 11) is 0. The molecule has 1 unspecified atom stereocenters. The molecule has 0 aliphatic carbocycles. The van der Waals surface area contributed by atoms with Gasteiger partial charge >= 0.3 is 6.03 Å². The Morgan fingerprint density at radius 2 is 1.94 bits per heavy atom. The number of urea groups is 1. The van der Waals surface area contributed by atoms with Crippen molar-refractivity contribution >= 4 is 17.4 Å². The third-order valence-corrected chi connectivity index (χ3v) is 3.14. The van der Waals surface area contributed by atoms with Crippen molar-refractivity contribution in [3.05, 3.63) is 24.3 Å². The van der Waals surface area contributed by atoms with Crippen LogP contribution in [0.15, 0.2) is 24.3 Å². The van der Waals surface area contributed by atoms with Crippen LogP contribution in [0, 0.1) is 0 Å². The SMILES string of the molecule is CCC(NC(N)=O)C1(C)Nc2ccccc2N1. The molecular weight excluding hydrogens is 216 g/mol. The van der Waals surface area contributed by atoms with Crippen molar-refractivity contribution < 1.29 is 4.79 Å². The summed E-state index contributed by atoms with van der Waals surface area (Å²) in [5.74, 6) is 0. The van der Waals surface area contributed by atoms with Gasteiger partial charge in [-0.15, -0.1) is 0 Å². The van der Waals surface area contributed by atoms with Gasteiger partial charge < -0.3 is 21.7 Å². The maximum Gasteiger partial charge on any atom is 0.312 e. The number of nitrogens with two attached hydrogens (primary N) is 1. The Morgan fingerprint density at radius 3 is 2.35 bits per heavy atom. The molecule has 0 saturated carbocycles. The fourth-order valence-corrected chi connectivity index (χ4v) is 2.29. The van der Waals surface area contributed by atoms with Crippen LogP contribution in [-0.2, 0) is 0 Å². The average molecular weight is 234 g/mol. The molecule has 1 aromatic carbocycles. The molecule has 5 N–H and O–H groups in total. The molecule has 1 aliphatic heterocycles. The monoisotopic (exact) mass is 234 g/mol. The number of primary amides is 1. The number of rotatable bonds is 3. The number of hydrogen-bond donors (Lipinski definition) is 4. The van der Waals surface area contributed by atoms with Gasteiger partial charge in [-0.05, 0) is 25.5 Å². The lowest BCUT2D eigenvalue weighted by Crippen LogP contribution is -2.58. The molecule has 2 rings (SSSR count). The van der Waals surface area contributed by atoms with Crippen LogP contribution >= 0.6 is 0 Å². The second-order valence-electron chi connectivity index (χ2n) is 4.47. The molecule has 2 amide bonds. The van der Waals surface area contributed by atoms with E-state index in [0.29, 0.717) is 0 Å². The first-order chi connectivity index (χ1) is 8.05. The van der Waals surface area contributed by atoms with Crippen molar-refractivity contribution in [1.82, 2.24) is 5.32 Å². The number of carbonyl (C=O) groups excluding carboxylic acids is 1. The average Bonchev–Trinajstić information content (AvgIpc) is 2.62. The van der Waals surface area contributed by atoms with Crippen molar-refractivity contribution in [1.29, 1.82) is 0 Å². The Bertz CT molecular complexity index is 407. The van der Waals surface area contributed by atoms with Gasteiger partial charge in [0.2, 0.25) is 0 Å². The van der Waals surface area contributed by atoms with Crippen LogP contribution in [0.2, 0.25) is 0 Å². The molecule has 0 saturated heterocycles. The summed E-state index contributed by atoms with van der Waals surface area (Å²) in [6.07, 6.45) is 0.785. The van der Waals surface area contributed by atoms with Crippen LogP contribution in [-0.4, -0.2) is 17.7 Å². The number of fused-ring (bicyclic) bond motifs is 1. The molecule has 17 heavy (non-hydrogen) atoms. The fourth-order valence-electron chi connectivity index (χ4n) is 2.29. The smallest absolute Gasteiger partial charge is 0.312 e. The first-order valence-electron chi connectivity index (χ1n) is 5.76. The zero-order valence-corrected chi connectivity index (χ0v) is 10.1. The van der Waals surface area contributed by atoms with E-state index in [1.54, 1.807) is 0 Å². The van der Waals surface area contributed by atoms with Crippen molar-refractivity contribution in [2.45, 2.75) is 32.0 Å². The van der Waals surface area contributed by atoms with E-state index in [4.69, 9.17) is 5.73 Å². The third kappa shape index (κ3) is 2.13. The molecule has 92 valence electrons. The zero-order valence-electron chi connectivity index (χ0n) is 10.1. The lowest BCUT2D eigenvalue weighted by atomic mass is 10.0. The zero-order chi connectivity index (χ0) is 12.5. The number of carbonyl (C=O) groups is 1. The van der Waals surface area contributed by atoms with Gasteiger partial charge in [0.05, 0.1) is 17.4 Å². The number of nitrogens with one attached hydrogen (secondary N) is 3. The molecule has 0 bridgehead atoms. The van der Waals surface area contributed by atoms with E-state index in [9.17, 15) is 4.79 Å². The van der Waals surface area contributed by atoms with E-state index in [2.05, 4.69) is 16.0 Å². The van der Waals surface area contributed by atoms with E-state index < -0.39 is 11.7 Å². The van der Waals surface area contributed by atoms with Crippen LogP contribution in [0.25, 0.3) is 0 Å². The van der Waals surface area contributed by atoms with Crippen LogP contribution in [0.4, 0.5) is 16.2 Å². The van der Waals surface area contributed by atoms with E-state index in [-0.39, 0.29) is 6.04 Å². The van der Waals surface area contributed by atoms with Gasteiger partial charge in [-0.2, -0.15) is 0 Å². The van der Waals surface area contributed by atoms with Gasteiger partial charge in [0, 0.05) is 0 Å². The van der Waals surface area contributed by atoms with Crippen molar-refractivity contribution in [2.75, 3.05) is 10.6 Å². The summed E-state index contributed by atoms with van der Waals surface area (Å²) in [6.45, 7) is 4.02. The Morgan fingerprint density at radius 1 is 1.41 bits per heavy atom. The third-order valence-electron chi connectivity index (χ3n) is 3.14. The van der Waals surface area contributed by atoms with E-state index >= 15 is 0 Å². The number of hydrogen-bond acceptors (Lipinski definition) is 3. The highest BCUT2D eigenvalue weighted by Gasteiger charge is 2.38. The normalized spacial score (nSPS) is 17.5. The van der Waals surface area contributed by atoms with Gasteiger partial charge in [-0.1, -0.05) is 19.1 Å². The van der Waals surface area contributed by atoms with Gasteiger partial charge in [0.1, 0.15) is 5.66 Å². The maximum absolute atomic E-state index is 11.0. The van der Waals surface area contributed by atoms with Gasteiger partial charge in [-0.25, -0.2) is 4.79 Å². The van der Waals surface area contributed by atoms with Crippen molar-refractivity contribution in [3.8, 4) is 0 Å². The van der Waals surface area contributed by atoms with E-state index in [1.807, 2.05) is 38.1 Å². The van der Waals surface area contributed by atoms with Gasteiger partial charge in [-0.3, -0.25) is 0 Å². The van der Waals surface area contributed by atoms with Gasteiger partial charge in [0.15, 0.2) is 0 Å². The number of anilines is 2. The first-order valence-corrected chi connectivity index (χ1v) is 5.76. The summed E-state index contributed by atoms with van der Waals surface area (Å²) in [5.41, 5.74) is 6.87. The summed E-state index contributed by atoms with van der Waals surface area (Å²) in [6, 6.07) is 7.38. The standard InChI is InChI=1S/C12H18N4O/c1-3-10(14-11(13)17)12(2)15-8-6-4-5-7-9(8)16-12/h4-7,10,15-16H,3H2,1-2H3,(H3,13,14,17). The molecule has 0 spiro atoms. The summed E-state index contributed by atoms with van der Waals surface area (Å²) < 4.78 is 0. The molecular formula is C12H18N4O. The lowest BCUT2D eigenvalue weighted by Gasteiger charge is -2.34. The maximum atomic E-state index is 11.0. The molecule has 1 heterocycles. The Kier molecular flexibility index (Phi) is 2.83. The highest BCUT2D eigenvalue weighted by atomic mass is 16.2. The molecule has 1 aliphatic rings. The van der Waals surface area contributed by atoms with Gasteiger partial charge in [0.25, 0.3) is 0 Å². The van der Waals surface area contributed by atoms with Crippen LogP contribution in [0.1, 0.15) is 20.3 Å². The minimum absolute atomic E-state index is 0.0765. The fraction of sp³-hybridized carbons (Fsp3) is 0.417. The topological polar surface area (TPSA) is 79.2 Å². The quantitative estimate of drug-likeness (QED) is 0.642. The number of para-hydroxylation sites is 2. The summed E-state index contributed by atoms with van der Waals surface area (Å²) in [5, 5.41) is 9.53. The van der Waals surface area contributed by atoms with Crippen molar-refractivity contribution in [2.24, 2.45) is 5.73 Å². The largest absolute Gasteiger partial charge is 0.360 e. The molecule has 5 nitrogen and oxygen atoms in total. The molecule has 0 radical (unpaired) electrons. The highest BCUT2D eigenvalue weighted by molar-refractivity contribution is 5.77. The first kappa shape index (κ1) is 11.6. The predicted octanol–water partition coefficient (Wildman–Crippen LogP) is 1.69. The molecule has 1 aromatic rings. The molecule has 1 atom stereocenters. The van der Waals surface area contributed by atoms with Crippen LogP contribution in [0.3, 0.4) is 0 Å². The number of amides is 2.